The first-order chi connectivity index (χ1) is 14.2. The van der Waals surface area contributed by atoms with E-state index in [0.717, 1.165) is 11.6 Å². The van der Waals surface area contributed by atoms with Crippen LogP contribution in [0.3, 0.4) is 0 Å². The number of hydrogen-bond acceptors (Lipinski definition) is 3. The van der Waals surface area contributed by atoms with E-state index in [9.17, 15) is 9.18 Å². The Bertz CT molecular complexity index is 889. The number of aliphatic imine (C=N–C) groups is 1. The van der Waals surface area contributed by atoms with Crippen LogP contribution in [0.5, 0.6) is 0 Å². The Kier molecular flexibility index (Phi) is 9.05. The zero-order valence-corrected chi connectivity index (χ0v) is 18.3. The lowest BCUT2D eigenvalue weighted by atomic mass is 10.0. The third-order valence-electron chi connectivity index (χ3n) is 4.19. The highest BCUT2D eigenvalue weighted by atomic mass is 35.5. The summed E-state index contributed by atoms with van der Waals surface area (Å²) in [6, 6.07) is 10.6. The first-order valence-electron chi connectivity index (χ1n) is 9.50. The summed E-state index contributed by atoms with van der Waals surface area (Å²) < 4.78 is 13.7. The molecule has 0 saturated carbocycles. The maximum Gasteiger partial charge on any atom is 0.280 e. The third-order valence-corrected chi connectivity index (χ3v) is 4.74. The molecule has 2 aromatic carbocycles. The van der Waals surface area contributed by atoms with Crippen molar-refractivity contribution in [2.24, 2.45) is 22.4 Å². The van der Waals surface area contributed by atoms with Crippen molar-refractivity contribution in [3.63, 3.8) is 0 Å². The molecule has 162 valence electrons. The van der Waals surface area contributed by atoms with Gasteiger partial charge >= 0.3 is 0 Å². The molecule has 6 N–H and O–H groups in total. The molecule has 0 aliphatic carbocycles. The van der Waals surface area contributed by atoms with Gasteiger partial charge in [-0.3, -0.25) is 4.79 Å². The summed E-state index contributed by atoms with van der Waals surface area (Å²) in [4.78, 5) is 16.5. The number of benzene rings is 2. The van der Waals surface area contributed by atoms with Gasteiger partial charge in [0.05, 0.1) is 11.2 Å². The van der Waals surface area contributed by atoms with Crippen LogP contribution >= 0.6 is 23.2 Å². The molecule has 0 aromatic heterocycles. The van der Waals surface area contributed by atoms with Crippen molar-refractivity contribution in [3.05, 3.63) is 69.5 Å². The van der Waals surface area contributed by atoms with Crippen molar-refractivity contribution in [2.45, 2.75) is 32.5 Å². The number of amides is 1. The Balaban J connectivity index is 2.10. The highest BCUT2D eigenvalue weighted by Gasteiger charge is 2.15. The van der Waals surface area contributed by atoms with Crippen molar-refractivity contribution < 1.29 is 9.18 Å². The van der Waals surface area contributed by atoms with E-state index in [0.29, 0.717) is 23.9 Å². The summed E-state index contributed by atoms with van der Waals surface area (Å²) in [5.41, 5.74) is 13.4. The van der Waals surface area contributed by atoms with Gasteiger partial charge in [0.25, 0.3) is 5.91 Å². The fourth-order valence-electron chi connectivity index (χ4n) is 2.57. The Morgan fingerprint density at radius 3 is 2.40 bits per heavy atom. The second-order valence-electron chi connectivity index (χ2n) is 7.31. The molecule has 2 aromatic rings. The normalized spacial score (nSPS) is 13.8. The number of carbonyl (C=O) groups is 1. The molecule has 2 atom stereocenters. The van der Waals surface area contributed by atoms with Gasteiger partial charge in [0, 0.05) is 23.2 Å². The van der Waals surface area contributed by atoms with E-state index < -0.39 is 17.9 Å². The lowest BCUT2D eigenvalue weighted by Crippen LogP contribution is -2.49. The highest BCUT2D eigenvalue weighted by molar-refractivity contribution is 6.31. The van der Waals surface area contributed by atoms with Gasteiger partial charge in [-0.2, -0.15) is 4.99 Å². The molecule has 2 rings (SSSR count). The molecule has 0 aliphatic heterocycles. The Labute approximate surface area is 185 Å². The molecule has 0 aliphatic rings. The van der Waals surface area contributed by atoms with Gasteiger partial charge in [-0.1, -0.05) is 49.2 Å². The molecule has 1 amide bonds. The lowest BCUT2D eigenvalue weighted by molar-refractivity contribution is 0.100. The van der Waals surface area contributed by atoms with Gasteiger partial charge in [-0.15, -0.1) is 0 Å². The largest absolute Gasteiger partial charge is 0.356 e. The van der Waals surface area contributed by atoms with Crippen LogP contribution in [0.4, 0.5) is 4.39 Å². The van der Waals surface area contributed by atoms with Crippen LogP contribution in [0.1, 0.15) is 42.2 Å². The van der Waals surface area contributed by atoms with Gasteiger partial charge in [-0.05, 0) is 48.2 Å². The summed E-state index contributed by atoms with van der Waals surface area (Å²) >= 11 is 11.6. The highest BCUT2D eigenvalue weighted by Crippen LogP contribution is 2.18. The predicted octanol–water partition coefficient (Wildman–Crippen LogP) is 3.84. The SMILES string of the molecule is CC(C)CN/C(=N/C(=O)c1ccc(Cl)c(F)c1)NC(N)CC(N)c1ccc(Cl)cc1. The van der Waals surface area contributed by atoms with Crippen molar-refractivity contribution >= 4 is 35.1 Å². The van der Waals surface area contributed by atoms with E-state index in [2.05, 4.69) is 15.6 Å². The summed E-state index contributed by atoms with van der Waals surface area (Å²) in [7, 11) is 0. The summed E-state index contributed by atoms with van der Waals surface area (Å²) in [5.74, 6) is -0.820. The number of hydrogen-bond donors (Lipinski definition) is 4. The molecule has 6 nitrogen and oxygen atoms in total. The molecule has 2 unspecified atom stereocenters. The van der Waals surface area contributed by atoms with E-state index >= 15 is 0 Å². The Morgan fingerprint density at radius 1 is 1.13 bits per heavy atom. The lowest BCUT2D eigenvalue weighted by Gasteiger charge is -2.22. The van der Waals surface area contributed by atoms with Gasteiger partial charge in [0.2, 0.25) is 5.96 Å². The standard InChI is InChI=1S/C21H26Cl2FN5O/c1-12(2)11-27-21(29-20(30)14-5-8-16(23)17(24)9-14)28-19(26)10-18(25)13-3-6-15(22)7-4-13/h3-9,12,18-19H,10-11,25-26H2,1-2H3,(H2,27,28,29,30). The summed E-state index contributed by atoms with van der Waals surface area (Å²) in [6.45, 7) is 4.58. The smallest absolute Gasteiger partial charge is 0.280 e. The number of halogens is 3. The molecule has 30 heavy (non-hydrogen) atoms. The predicted molar refractivity (Wildman–Crippen MR) is 120 cm³/mol. The van der Waals surface area contributed by atoms with Crippen LogP contribution < -0.4 is 22.1 Å². The van der Waals surface area contributed by atoms with Crippen molar-refractivity contribution in [1.82, 2.24) is 10.6 Å². The second-order valence-corrected chi connectivity index (χ2v) is 8.16. The first-order valence-corrected chi connectivity index (χ1v) is 10.3. The van der Waals surface area contributed by atoms with E-state index in [-0.39, 0.29) is 22.6 Å². The average molecular weight is 454 g/mol. The monoisotopic (exact) mass is 453 g/mol. The zero-order chi connectivity index (χ0) is 22.3. The van der Waals surface area contributed by atoms with Gasteiger partial charge in [0.1, 0.15) is 5.82 Å². The molecule has 0 radical (unpaired) electrons. The third kappa shape index (κ3) is 7.57. The topological polar surface area (TPSA) is 106 Å². The molecule has 0 spiro atoms. The number of nitrogens with one attached hydrogen (secondary N) is 2. The van der Waals surface area contributed by atoms with Crippen molar-refractivity contribution in [1.29, 1.82) is 0 Å². The minimum absolute atomic E-state index is 0.0648. The molecule has 0 heterocycles. The van der Waals surface area contributed by atoms with Crippen molar-refractivity contribution in [2.75, 3.05) is 6.54 Å². The van der Waals surface area contributed by atoms with Crippen molar-refractivity contribution in [3.8, 4) is 0 Å². The number of nitrogens with zero attached hydrogens (tertiary/aromatic N) is 1. The van der Waals surface area contributed by atoms with Crippen LogP contribution in [-0.2, 0) is 0 Å². The van der Waals surface area contributed by atoms with E-state index in [1.54, 1.807) is 12.1 Å². The fraction of sp³-hybridized carbons (Fsp3) is 0.333. The number of guanidine groups is 1. The average Bonchev–Trinajstić information content (AvgIpc) is 2.68. The molecule has 0 fully saturated rings. The molecular weight excluding hydrogens is 428 g/mol. The Morgan fingerprint density at radius 2 is 1.80 bits per heavy atom. The number of nitrogens with two attached hydrogens (primary N) is 2. The van der Waals surface area contributed by atoms with E-state index in [1.165, 1.54) is 12.1 Å². The maximum absolute atomic E-state index is 13.7. The van der Waals surface area contributed by atoms with Crippen LogP contribution in [0.2, 0.25) is 10.0 Å². The van der Waals surface area contributed by atoms with Gasteiger partial charge < -0.3 is 22.1 Å². The minimum atomic E-state index is -0.687. The maximum atomic E-state index is 13.7. The van der Waals surface area contributed by atoms with E-state index in [1.807, 2.05) is 26.0 Å². The first kappa shape index (κ1) is 24.1. The van der Waals surface area contributed by atoms with Gasteiger partial charge in [0.15, 0.2) is 0 Å². The fourth-order valence-corrected chi connectivity index (χ4v) is 2.82. The number of carbonyl (C=O) groups excluding carboxylic acids is 1. The minimum Gasteiger partial charge on any atom is -0.356 e. The Hall–Kier alpha value is -2.19. The van der Waals surface area contributed by atoms with Crippen LogP contribution in [0.25, 0.3) is 0 Å². The van der Waals surface area contributed by atoms with Crippen LogP contribution in [-0.4, -0.2) is 24.6 Å². The molecule has 0 bridgehead atoms. The van der Waals surface area contributed by atoms with Gasteiger partial charge in [-0.25, -0.2) is 4.39 Å². The quantitative estimate of drug-likeness (QED) is 0.289. The summed E-state index contributed by atoms with van der Waals surface area (Å²) in [6.07, 6.45) is -0.197. The summed E-state index contributed by atoms with van der Waals surface area (Å²) in [5, 5.41) is 6.60. The molecule has 9 heteroatoms. The molecular formula is C21H26Cl2FN5O. The zero-order valence-electron chi connectivity index (χ0n) is 16.8. The van der Waals surface area contributed by atoms with Crippen LogP contribution in [0, 0.1) is 11.7 Å². The number of rotatable bonds is 7. The second kappa shape index (κ2) is 11.3. The molecule has 0 saturated heterocycles. The van der Waals surface area contributed by atoms with E-state index in [4.69, 9.17) is 34.7 Å². The van der Waals surface area contributed by atoms with Crippen LogP contribution in [0.15, 0.2) is 47.5 Å².